The lowest BCUT2D eigenvalue weighted by molar-refractivity contribution is -0.111. The Bertz CT molecular complexity index is 1740. The van der Waals surface area contributed by atoms with Crippen LogP contribution in [0.25, 0.3) is 10.8 Å². The Morgan fingerprint density at radius 2 is 1.74 bits per heavy atom. The van der Waals surface area contributed by atoms with Crippen molar-refractivity contribution < 1.29 is 19.1 Å². The number of benzene rings is 3. The van der Waals surface area contributed by atoms with Gasteiger partial charge in [-0.1, -0.05) is 43.0 Å². The molecule has 11 nitrogen and oxygen atoms in total. The van der Waals surface area contributed by atoms with Crippen molar-refractivity contribution in [3.8, 4) is 5.75 Å². The Labute approximate surface area is 275 Å². The first kappa shape index (κ1) is 30.9. The molecule has 3 fully saturated rings. The summed E-state index contributed by atoms with van der Waals surface area (Å²) in [6.45, 7) is 9.57. The van der Waals surface area contributed by atoms with E-state index in [2.05, 4.69) is 79.4 Å². The molecule has 1 atom stereocenters. The standard InChI is InChI=1S/C36H41N7O4/c1-3-36(44)40-29-21-30(33(45-2)22-32(29)42-13-10-28(11-14-42)41-15-18-46-19-16-41)39-34-23-35(38-24-37-34)43-31(12-17-47-43)27-9-8-25-6-4-5-7-26(25)20-27/h3-9,20-24,28,31H,1,10-19H2,2H3,(H,40,44)(H,37,38,39)/t31-/m1/s1. The largest absolute Gasteiger partial charge is 0.494 e. The maximum absolute atomic E-state index is 12.6. The van der Waals surface area contributed by atoms with Crippen molar-refractivity contribution >= 4 is 45.4 Å². The number of hydrogen-bond donors (Lipinski definition) is 2. The molecular weight excluding hydrogens is 594 g/mol. The van der Waals surface area contributed by atoms with E-state index in [0.717, 1.165) is 64.3 Å². The molecule has 0 unspecified atom stereocenters. The van der Waals surface area contributed by atoms with Crippen LogP contribution in [0.1, 0.15) is 30.9 Å². The number of nitrogens with one attached hydrogen (secondary N) is 2. The van der Waals surface area contributed by atoms with E-state index in [0.29, 0.717) is 41.4 Å². The normalized spacial score (nSPS) is 19.1. The van der Waals surface area contributed by atoms with E-state index in [1.54, 1.807) is 7.11 Å². The number of nitrogens with zero attached hydrogens (tertiary/aromatic N) is 5. The zero-order chi connectivity index (χ0) is 32.2. The van der Waals surface area contributed by atoms with E-state index in [1.165, 1.54) is 28.7 Å². The van der Waals surface area contributed by atoms with Crippen LogP contribution in [0.15, 0.2) is 79.6 Å². The topological polar surface area (TPSA) is 104 Å². The fourth-order valence-corrected chi connectivity index (χ4v) is 6.88. The third-order valence-corrected chi connectivity index (χ3v) is 9.33. The first-order valence-corrected chi connectivity index (χ1v) is 16.3. The first-order valence-electron chi connectivity index (χ1n) is 16.3. The SMILES string of the molecule is C=CC(=O)Nc1cc(Nc2cc(N3OCC[C@@H]3c3ccc4ccccc4c3)ncn2)c(OC)cc1N1CCC(N2CCOCC2)CC1. The van der Waals surface area contributed by atoms with Crippen LogP contribution in [0.4, 0.5) is 28.7 Å². The lowest BCUT2D eigenvalue weighted by Gasteiger charge is -2.41. The fourth-order valence-electron chi connectivity index (χ4n) is 6.88. The second-order valence-electron chi connectivity index (χ2n) is 12.1. The van der Waals surface area contributed by atoms with Gasteiger partial charge in [0, 0.05) is 50.8 Å². The van der Waals surface area contributed by atoms with Crippen molar-refractivity contribution in [3.05, 3.63) is 85.2 Å². The molecule has 1 amide bonds. The highest BCUT2D eigenvalue weighted by molar-refractivity contribution is 6.02. The highest BCUT2D eigenvalue weighted by Crippen LogP contribution is 2.41. The summed E-state index contributed by atoms with van der Waals surface area (Å²) in [6.07, 6.45) is 5.73. The number of ether oxygens (including phenoxy) is 2. The Balaban J connectivity index is 1.12. The predicted molar refractivity (Wildman–Crippen MR) is 184 cm³/mol. The zero-order valence-electron chi connectivity index (χ0n) is 26.7. The van der Waals surface area contributed by atoms with Gasteiger partial charge in [0.05, 0.1) is 50.0 Å². The van der Waals surface area contributed by atoms with E-state index in [-0.39, 0.29) is 11.9 Å². The number of piperidine rings is 1. The Morgan fingerprint density at radius 3 is 2.53 bits per heavy atom. The number of hydroxylamine groups is 1. The van der Waals surface area contributed by atoms with Crippen LogP contribution >= 0.6 is 0 Å². The number of anilines is 5. The molecule has 2 N–H and O–H groups in total. The van der Waals surface area contributed by atoms with Gasteiger partial charge < -0.3 is 25.0 Å². The highest BCUT2D eigenvalue weighted by Gasteiger charge is 2.30. The van der Waals surface area contributed by atoms with Crippen LogP contribution in [0.2, 0.25) is 0 Å². The van der Waals surface area contributed by atoms with Crippen LogP contribution in [0.3, 0.4) is 0 Å². The Kier molecular flexibility index (Phi) is 9.18. The summed E-state index contributed by atoms with van der Waals surface area (Å²) in [6, 6.07) is 21.2. The fraction of sp³-hybridized carbons (Fsp3) is 0.361. The summed E-state index contributed by atoms with van der Waals surface area (Å²) in [5.41, 5.74) is 3.42. The van der Waals surface area contributed by atoms with Crippen molar-refractivity contribution in [3.63, 3.8) is 0 Å². The molecule has 3 aromatic carbocycles. The van der Waals surface area contributed by atoms with Gasteiger partial charge in [-0.15, -0.1) is 0 Å². The summed E-state index contributed by atoms with van der Waals surface area (Å²) < 4.78 is 11.4. The zero-order valence-corrected chi connectivity index (χ0v) is 26.7. The van der Waals surface area contributed by atoms with Gasteiger partial charge in [0.25, 0.3) is 0 Å². The number of carbonyl (C=O) groups excluding carboxylic acids is 1. The third-order valence-electron chi connectivity index (χ3n) is 9.33. The molecule has 0 saturated carbocycles. The van der Waals surface area contributed by atoms with E-state index >= 15 is 0 Å². The minimum atomic E-state index is -0.277. The number of rotatable bonds is 9. The van der Waals surface area contributed by atoms with Crippen molar-refractivity contribution in [2.75, 3.05) is 73.7 Å². The van der Waals surface area contributed by atoms with E-state index in [9.17, 15) is 4.79 Å². The first-order chi connectivity index (χ1) is 23.1. The van der Waals surface area contributed by atoms with Crippen LogP contribution in [-0.2, 0) is 14.4 Å². The lowest BCUT2D eigenvalue weighted by Crippen LogP contribution is -2.49. The van der Waals surface area contributed by atoms with Crippen LogP contribution in [0, 0.1) is 0 Å². The van der Waals surface area contributed by atoms with Gasteiger partial charge in [0.15, 0.2) is 5.82 Å². The second-order valence-corrected chi connectivity index (χ2v) is 12.1. The number of carbonyl (C=O) groups is 1. The summed E-state index contributed by atoms with van der Waals surface area (Å²) in [5, 5.41) is 10.7. The van der Waals surface area contributed by atoms with Gasteiger partial charge in [0.2, 0.25) is 5.91 Å². The molecule has 3 aliphatic rings. The molecule has 0 bridgehead atoms. The average molecular weight is 636 g/mol. The number of fused-ring (bicyclic) bond motifs is 1. The van der Waals surface area contributed by atoms with Crippen LogP contribution in [0.5, 0.6) is 5.75 Å². The van der Waals surface area contributed by atoms with Crippen molar-refractivity contribution in [1.29, 1.82) is 0 Å². The molecule has 0 spiro atoms. The molecule has 47 heavy (non-hydrogen) atoms. The van der Waals surface area contributed by atoms with Gasteiger partial charge in [-0.3, -0.25) is 14.5 Å². The van der Waals surface area contributed by atoms with E-state index < -0.39 is 0 Å². The van der Waals surface area contributed by atoms with Gasteiger partial charge in [0.1, 0.15) is 17.9 Å². The maximum Gasteiger partial charge on any atom is 0.247 e. The molecule has 0 radical (unpaired) electrons. The Morgan fingerprint density at radius 1 is 0.936 bits per heavy atom. The number of aromatic nitrogens is 2. The number of hydrogen-bond acceptors (Lipinski definition) is 10. The molecule has 3 aliphatic heterocycles. The molecule has 1 aromatic heterocycles. The van der Waals surface area contributed by atoms with Crippen LogP contribution < -0.4 is 25.3 Å². The summed E-state index contributed by atoms with van der Waals surface area (Å²) >= 11 is 0. The van der Waals surface area contributed by atoms with Crippen molar-refractivity contribution in [1.82, 2.24) is 14.9 Å². The van der Waals surface area contributed by atoms with Crippen LogP contribution in [-0.4, -0.2) is 79.9 Å². The lowest BCUT2D eigenvalue weighted by atomic mass is 10.0. The number of methoxy groups -OCH3 is 1. The molecule has 7 rings (SSSR count). The third kappa shape index (κ3) is 6.73. The summed E-state index contributed by atoms with van der Waals surface area (Å²) in [5.74, 6) is 1.58. The quantitative estimate of drug-likeness (QED) is 0.223. The van der Waals surface area contributed by atoms with Gasteiger partial charge >= 0.3 is 0 Å². The average Bonchev–Trinajstić information content (AvgIpc) is 3.62. The minimum Gasteiger partial charge on any atom is -0.494 e. The van der Waals surface area contributed by atoms with E-state index in [1.807, 2.05) is 23.3 Å². The molecular formula is C36H41N7O4. The number of amides is 1. The smallest absolute Gasteiger partial charge is 0.247 e. The van der Waals surface area contributed by atoms with Crippen molar-refractivity contribution in [2.24, 2.45) is 0 Å². The van der Waals surface area contributed by atoms with Gasteiger partial charge in [-0.2, -0.15) is 0 Å². The molecule has 4 aromatic rings. The van der Waals surface area contributed by atoms with Crippen molar-refractivity contribution in [2.45, 2.75) is 31.3 Å². The minimum absolute atomic E-state index is 0.0179. The Hall–Kier alpha value is -4.71. The highest BCUT2D eigenvalue weighted by atomic mass is 16.7. The molecule has 4 heterocycles. The molecule has 3 saturated heterocycles. The van der Waals surface area contributed by atoms with Gasteiger partial charge in [-0.25, -0.2) is 15.0 Å². The molecule has 0 aliphatic carbocycles. The molecule has 11 heteroatoms. The monoisotopic (exact) mass is 635 g/mol. The second kappa shape index (κ2) is 14.0. The maximum atomic E-state index is 12.6. The summed E-state index contributed by atoms with van der Waals surface area (Å²) in [7, 11) is 1.65. The molecule has 244 valence electrons. The summed E-state index contributed by atoms with van der Waals surface area (Å²) in [4.78, 5) is 32.6. The van der Waals surface area contributed by atoms with Gasteiger partial charge in [-0.05, 0) is 47.4 Å². The van der Waals surface area contributed by atoms with E-state index in [4.69, 9.17) is 14.3 Å². The predicted octanol–water partition coefficient (Wildman–Crippen LogP) is 5.69. The number of morpholine rings is 1.